The van der Waals surface area contributed by atoms with Crippen LogP contribution >= 0.6 is 0 Å². The summed E-state index contributed by atoms with van der Waals surface area (Å²) in [6.07, 6.45) is 1.12. The van der Waals surface area contributed by atoms with E-state index in [1.165, 1.54) is 0 Å². The molecule has 0 saturated carbocycles. The van der Waals surface area contributed by atoms with Crippen LogP contribution in [-0.2, 0) is 19.1 Å². The van der Waals surface area contributed by atoms with E-state index < -0.39 is 28.7 Å². The Hall–Kier alpha value is -1.83. The van der Waals surface area contributed by atoms with Crippen molar-refractivity contribution in [2.75, 3.05) is 6.54 Å². The highest BCUT2D eigenvalue weighted by Crippen LogP contribution is 2.22. The Morgan fingerprint density at radius 3 is 1.62 bits per heavy atom. The van der Waals surface area contributed by atoms with Crippen molar-refractivity contribution < 1.29 is 19.1 Å². The van der Waals surface area contributed by atoms with Gasteiger partial charge in [0, 0.05) is 6.54 Å². The molecule has 0 radical (unpaired) electrons. The summed E-state index contributed by atoms with van der Waals surface area (Å²) in [5, 5.41) is 0. The van der Waals surface area contributed by atoms with Crippen molar-refractivity contribution in [3.8, 4) is 0 Å². The van der Waals surface area contributed by atoms with Crippen molar-refractivity contribution in [3.63, 3.8) is 0 Å². The van der Waals surface area contributed by atoms with Crippen LogP contribution in [0.15, 0.2) is 4.99 Å². The molecule has 0 aliphatic heterocycles. The molecule has 0 spiro atoms. The number of guanidine groups is 1. The van der Waals surface area contributed by atoms with E-state index in [2.05, 4.69) is 4.99 Å². The number of carbonyl (C=O) groups is 2. The quantitative estimate of drug-likeness (QED) is 0.204. The zero-order valence-corrected chi connectivity index (χ0v) is 15.6. The number of carbonyl (C=O) groups excluding carboxylic acids is 2. The zero-order valence-electron chi connectivity index (χ0n) is 15.6. The number of hydrogen-bond donors (Lipinski definition) is 3. The minimum Gasteiger partial charge on any atom is -0.458 e. The van der Waals surface area contributed by atoms with Gasteiger partial charge in [0.1, 0.15) is 11.2 Å². The van der Waals surface area contributed by atoms with E-state index in [-0.39, 0.29) is 12.4 Å². The third-order valence-corrected chi connectivity index (χ3v) is 2.80. The molecule has 24 heavy (non-hydrogen) atoms. The molecule has 0 fully saturated rings. The van der Waals surface area contributed by atoms with E-state index in [0.717, 1.165) is 0 Å². The van der Waals surface area contributed by atoms with Crippen LogP contribution in [-0.4, -0.2) is 41.2 Å². The number of nitrogens with zero attached hydrogens (tertiary/aromatic N) is 1. The Balaban J connectivity index is 5.10. The lowest BCUT2D eigenvalue weighted by Crippen LogP contribution is -2.59. The molecule has 0 heterocycles. The van der Waals surface area contributed by atoms with Crippen LogP contribution in [0.1, 0.15) is 60.8 Å². The van der Waals surface area contributed by atoms with E-state index in [9.17, 15) is 9.59 Å². The third kappa shape index (κ3) is 8.71. The number of esters is 2. The van der Waals surface area contributed by atoms with Crippen molar-refractivity contribution in [3.05, 3.63) is 0 Å². The standard InChI is InChI=1S/C16H32N4O4/c1-14(2,3)23-11(21)16(19,12(22)24-15(4,5)6)9-7-8-10-20-13(17)18/h7-10,19H2,1-6H3,(H4,17,18,20). The SMILES string of the molecule is CC(C)(C)OC(=O)C(N)(CCCCN=C(N)N)C(=O)OC(C)(C)C. The summed E-state index contributed by atoms with van der Waals surface area (Å²) in [6.45, 7) is 10.6. The van der Waals surface area contributed by atoms with Crippen LogP contribution in [0.2, 0.25) is 0 Å². The Morgan fingerprint density at radius 2 is 1.29 bits per heavy atom. The average Bonchev–Trinajstić information content (AvgIpc) is 2.33. The average molecular weight is 344 g/mol. The first-order valence-electron chi connectivity index (χ1n) is 7.98. The predicted octanol–water partition coefficient (Wildman–Crippen LogP) is 0.811. The first-order valence-corrected chi connectivity index (χ1v) is 7.98. The second kappa shape index (κ2) is 8.32. The maximum atomic E-state index is 12.5. The first-order chi connectivity index (χ1) is 10.7. The number of aliphatic imine (C=N–C) groups is 1. The van der Waals surface area contributed by atoms with Gasteiger partial charge in [-0.15, -0.1) is 0 Å². The molecule has 0 bridgehead atoms. The van der Waals surface area contributed by atoms with Gasteiger partial charge in [-0.1, -0.05) is 0 Å². The van der Waals surface area contributed by atoms with E-state index >= 15 is 0 Å². The van der Waals surface area contributed by atoms with Crippen molar-refractivity contribution in [1.29, 1.82) is 0 Å². The lowest BCUT2D eigenvalue weighted by molar-refractivity contribution is -0.177. The highest BCUT2D eigenvalue weighted by Gasteiger charge is 2.47. The Morgan fingerprint density at radius 1 is 0.875 bits per heavy atom. The normalized spacial score (nSPS) is 12.5. The van der Waals surface area contributed by atoms with Crippen molar-refractivity contribution >= 4 is 17.9 Å². The Labute approximate surface area is 144 Å². The lowest BCUT2D eigenvalue weighted by Gasteiger charge is -2.32. The number of unbranched alkanes of at least 4 members (excludes halogenated alkanes) is 1. The van der Waals surface area contributed by atoms with E-state index in [0.29, 0.717) is 19.4 Å². The minimum absolute atomic E-state index is 0.00621. The van der Waals surface area contributed by atoms with Crippen molar-refractivity contribution in [2.24, 2.45) is 22.2 Å². The largest absolute Gasteiger partial charge is 0.458 e. The molecule has 8 heteroatoms. The summed E-state index contributed by atoms with van der Waals surface area (Å²) in [7, 11) is 0. The molecule has 0 aromatic rings. The lowest BCUT2D eigenvalue weighted by atomic mass is 9.93. The van der Waals surface area contributed by atoms with Gasteiger partial charge in [0.2, 0.25) is 5.54 Å². The number of ether oxygens (including phenoxy) is 2. The Kier molecular flexibility index (Phi) is 7.69. The molecule has 0 rings (SSSR count). The summed E-state index contributed by atoms with van der Waals surface area (Å²) in [6, 6.07) is 0. The van der Waals surface area contributed by atoms with Gasteiger partial charge >= 0.3 is 11.9 Å². The van der Waals surface area contributed by atoms with Gasteiger partial charge in [0.25, 0.3) is 0 Å². The summed E-state index contributed by atoms with van der Waals surface area (Å²) in [4.78, 5) is 28.8. The monoisotopic (exact) mass is 344 g/mol. The number of hydrogen-bond acceptors (Lipinski definition) is 6. The van der Waals surface area contributed by atoms with Gasteiger partial charge in [-0.3, -0.25) is 4.99 Å². The second-order valence-electron chi connectivity index (χ2n) is 7.74. The second-order valence-corrected chi connectivity index (χ2v) is 7.74. The van der Waals surface area contributed by atoms with E-state index in [4.69, 9.17) is 26.7 Å². The van der Waals surface area contributed by atoms with Gasteiger partial charge in [-0.05, 0) is 60.8 Å². The van der Waals surface area contributed by atoms with Crippen molar-refractivity contribution in [2.45, 2.75) is 77.5 Å². The van der Waals surface area contributed by atoms with Crippen molar-refractivity contribution in [1.82, 2.24) is 0 Å². The van der Waals surface area contributed by atoms with Gasteiger partial charge in [-0.2, -0.15) is 0 Å². The highest BCUT2D eigenvalue weighted by atomic mass is 16.6. The topological polar surface area (TPSA) is 143 Å². The molecule has 0 aromatic heterocycles. The first kappa shape index (κ1) is 22.2. The molecule has 0 aliphatic carbocycles. The molecule has 0 atom stereocenters. The molecule has 0 amide bonds. The van der Waals surface area contributed by atoms with Gasteiger partial charge in [0.15, 0.2) is 5.96 Å². The van der Waals surface area contributed by atoms with E-state index in [1.54, 1.807) is 41.5 Å². The molecule has 0 aliphatic rings. The van der Waals surface area contributed by atoms with E-state index in [1.807, 2.05) is 0 Å². The molecule has 140 valence electrons. The third-order valence-electron chi connectivity index (χ3n) is 2.80. The summed E-state index contributed by atoms with van der Waals surface area (Å²) in [5.41, 5.74) is 13.2. The Bertz CT molecular complexity index is 443. The maximum absolute atomic E-state index is 12.5. The summed E-state index contributed by atoms with van der Waals surface area (Å²) < 4.78 is 10.6. The molecule has 8 nitrogen and oxygen atoms in total. The van der Waals surface area contributed by atoms with Crippen LogP contribution in [0.25, 0.3) is 0 Å². The van der Waals surface area contributed by atoms with Gasteiger partial charge < -0.3 is 26.7 Å². The fourth-order valence-corrected chi connectivity index (χ4v) is 1.75. The van der Waals surface area contributed by atoms with Crippen LogP contribution in [0.4, 0.5) is 0 Å². The zero-order chi connectivity index (χ0) is 19.2. The summed E-state index contributed by atoms with van der Waals surface area (Å²) >= 11 is 0. The molecule has 0 unspecified atom stereocenters. The molecular weight excluding hydrogens is 312 g/mol. The molecule has 0 saturated heterocycles. The van der Waals surface area contributed by atoms with Crippen LogP contribution in [0.3, 0.4) is 0 Å². The van der Waals surface area contributed by atoms with Gasteiger partial charge in [-0.25, -0.2) is 9.59 Å². The fourth-order valence-electron chi connectivity index (χ4n) is 1.75. The number of rotatable bonds is 7. The molecule has 6 N–H and O–H groups in total. The van der Waals surface area contributed by atoms with Crippen LogP contribution in [0, 0.1) is 0 Å². The molecular formula is C16H32N4O4. The molecule has 0 aromatic carbocycles. The summed E-state index contributed by atoms with van der Waals surface area (Å²) in [5.74, 6) is -1.61. The minimum atomic E-state index is -1.86. The van der Waals surface area contributed by atoms with Gasteiger partial charge in [0.05, 0.1) is 0 Å². The van der Waals surface area contributed by atoms with Crippen LogP contribution < -0.4 is 17.2 Å². The highest BCUT2D eigenvalue weighted by molar-refractivity contribution is 6.04. The predicted molar refractivity (Wildman–Crippen MR) is 93.1 cm³/mol. The van der Waals surface area contributed by atoms with Crippen LogP contribution in [0.5, 0.6) is 0 Å². The number of nitrogens with two attached hydrogens (primary N) is 3. The fraction of sp³-hybridized carbons (Fsp3) is 0.812. The maximum Gasteiger partial charge on any atom is 0.338 e. The smallest absolute Gasteiger partial charge is 0.338 e.